The molecule has 2 bridgehead atoms. The third-order valence-electron chi connectivity index (χ3n) is 7.46. The lowest BCUT2D eigenvalue weighted by Gasteiger charge is -2.56. The Balaban J connectivity index is 1.36. The lowest BCUT2D eigenvalue weighted by molar-refractivity contribution is -0.134. The molecule has 0 aromatic carbocycles. The molecule has 2 aliphatic carbocycles. The third kappa shape index (κ3) is 3.62. The minimum Gasteiger partial charge on any atom is -0.444 e. The van der Waals surface area contributed by atoms with Gasteiger partial charge in [0.1, 0.15) is 5.60 Å². The molecule has 2 saturated carbocycles. The zero-order valence-corrected chi connectivity index (χ0v) is 17.6. The zero-order chi connectivity index (χ0) is 19.2. The van der Waals surface area contributed by atoms with E-state index >= 15 is 0 Å². The van der Waals surface area contributed by atoms with E-state index in [0.717, 1.165) is 38.7 Å². The molecule has 5 atom stereocenters. The summed E-state index contributed by atoms with van der Waals surface area (Å²) in [6, 6.07) is 1.83. The highest BCUT2D eigenvalue weighted by atomic mass is 16.6. The molecule has 4 rings (SSSR count). The maximum atomic E-state index is 12.7. The normalized spacial score (nSPS) is 37.5. The zero-order valence-electron chi connectivity index (χ0n) is 17.6. The van der Waals surface area contributed by atoms with E-state index < -0.39 is 5.60 Å². The number of carbonyl (C=O) groups excluding carboxylic acids is 1. The molecule has 1 spiro atoms. The summed E-state index contributed by atoms with van der Waals surface area (Å²) in [7, 11) is 0. The van der Waals surface area contributed by atoms with Gasteiger partial charge in [-0.15, -0.1) is 0 Å². The second-order valence-electron chi connectivity index (χ2n) is 10.3. The van der Waals surface area contributed by atoms with Crippen molar-refractivity contribution in [3.63, 3.8) is 0 Å². The topological polar surface area (TPSA) is 50.8 Å². The van der Waals surface area contributed by atoms with Gasteiger partial charge >= 0.3 is 6.09 Å². The van der Waals surface area contributed by atoms with Crippen LogP contribution < -0.4 is 5.32 Å². The first-order chi connectivity index (χ1) is 12.8. The Hall–Kier alpha value is -0.810. The lowest BCUT2D eigenvalue weighted by Crippen LogP contribution is -2.65. The van der Waals surface area contributed by atoms with Gasteiger partial charge in [0.15, 0.2) is 0 Å². The largest absolute Gasteiger partial charge is 0.444 e. The van der Waals surface area contributed by atoms with Crippen LogP contribution in [0.15, 0.2) is 0 Å². The van der Waals surface area contributed by atoms with Gasteiger partial charge in [0.2, 0.25) is 0 Å². The van der Waals surface area contributed by atoms with Crippen LogP contribution in [0.4, 0.5) is 4.79 Å². The van der Waals surface area contributed by atoms with Gasteiger partial charge in [0.25, 0.3) is 0 Å². The molecule has 2 heterocycles. The van der Waals surface area contributed by atoms with Crippen molar-refractivity contribution in [1.82, 2.24) is 10.2 Å². The quantitative estimate of drug-likeness (QED) is 0.795. The molecule has 0 aromatic heterocycles. The highest BCUT2D eigenvalue weighted by Gasteiger charge is 2.57. The standard InChI is InChI=1S/C22H38N2O3/c1-5-26-19-14-18(22(19)10-6-7-11-22)23-15-12-16-8-9-17(13-15)24(16)20(25)27-21(2,3)4/h15-19,23H,5-14H2,1-4H3/t15?,16-,17+,18-,19-/m1/s1. The fourth-order valence-corrected chi connectivity index (χ4v) is 6.33. The van der Waals surface area contributed by atoms with E-state index in [4.69, 9.17) is 9.47 Å². The first-order valence-corrected chi connectivity index (χ1v) is 11.2. The summed E-state index contributed by atoms with van der Waals surface area (Å²) in [6.07, 6.45) is 11.2. The average Bonchev–Trinajstić information content (AvgIpc) is 3.18. The van der Waals surface area contributed by atoms with Crippen molar-refractivity contribution in [1.29, 1.82) is 0 Å². The second-order valence-corrected chi connectivity index (χ2v) is 10.3. The number of hydrogen-bond acceptors (Lipinski definition) is 4. The summed E-state index contributed by atoms with van der Waals surface area (Å²) in [5.41, 5.74) is -0.0297. The Morgan fingerprint density at radius 1 is 1.11 bits per heavy atom. The summed E-state index contributed by atoms with van der Waals surface area (Å²) in [6.45, 7) is 8.81. The molecule has 27 heavy (non-hydrogen) atoms. The van der Waals surface area contributed by atoms with Gasteiger partial charge in [0.05, 0.1) is 6.10 Å². The summed E-state index contributed by atoms with van der Waals surface area (Å²) < 4.78 is 11.7. The smallest absolute Gasteiger partial charge is 0.410 e. The monoisotopic (exact) mass is 378 g/mol. The molecule has 154 valence electrons. The highest BCUT2D eigenvalue weighted by molar-refractivity contribution is 5.69. The molecule has 4 aliphatic rings. The van der Waals surface area contributed by atoms with E-state index in [9.17, 15) is 4.79 Å². The number of ether oxygens (including phenoxy) is 2. The molecule has 5 heteroatoms. The Morgan fingerprint density at radius 2 is 1.74 bits per heavy atom. The van der Waals surface area contributed by atoms with E-state index in [0.29, 0.717) is 35.7 Å². The molecule has 1 amide bonds. The van der Waals surface area contributed by atoms with Crippen molar-refractivity contribution in [3.05, 3.63) is 0 Å². The van der Waals surface area contributed by atoms with Gasteiger partial charge in [-0.25, -0.2) is 4.79 Å². The molecule has 1 N–H and O–H groups in total. The Labute approximate surface area is 164 Å². The number of carbonyl (C=O) groups is 1. The molecule has 2 aliphatic heterocycles. The molecule has 0 aromatic rings. The van der Waals surface area contributed by atoms with Crippen molar-refractivity contribution in [2.45, 2.75) is 121 Å². The lowest BCUT2D eigenvalue weighted by atomic mass is 9.60. The van der Waals surface area contributed by atoms with Crippen LogP contribution in [-0.4, -0.2) is 53.5 Å². The van der Waals surface area contributed by atoms with Crippen LogP contribution in [0.1, 0.15) is 85.5 Å². The van der Waals surface area contributed by atoms with Gasteiger partial charge in [-0.3, -0.25) is 0 Å². The maximum Gasteiger partial charge on any atom is 0.410 e. The fourth-order valence-electron chi connectivity index (χ4n) is 6.33. The van der Waals surface area contributed by atoms with Gasteiger partial charge in [-0.1, -0.05) is 12.8 Å². The number of nitrogens with one attached hydrogen (secondary N) is 1. The van der Waals surface area contributed by atoms with Gasteiger partial charge in [0, 0.05) is 36.2 Å². The number of fused-ring (bicyclic) bond motifs is 2. The van der Waals surface area contributed by atoms with Crippen molar-refractivity contribution >= 4 is 6.09 Å². The van der Waals surface area contributed by atoms with Gasteiger partial charge < -0.3 is 19.7 Å². The first-order valence-electron chi connectivity index (χ1n) is 11.2. The summed E-state index contributed by atoms with van der Waals surface area (Å²) in [4.78, 5) is 14.7. The van der Waals surface area contributed by atoms with Crippen LogP contribution in [0.5, 0.6) is 0 Å². The molecule has 0 radical (unpaired) electrons. The van der Waals surface area contributed by atoms with Crippen molar-refractivity contribution < 1.29 is 14.3 Å². The van der Waals surface area contributed by atoms with Gasteiger partial charge in [-0.2, -0.15) is 0 Å². The van der Waals surface area contributed by atoms with Crippen LogP contribution in [0, 0.1) is 5.41 Å². The Morgan fingerprint density at radius 3 is 2.30 bits per heavy atom. The summed E-state index contributed by atoms with van der Waals surface area (Å²) in [5, 5.41) is 4.03. The molecule has 5 nitrogen and oxygen atoms in total. The van der Waals surface area contributed by atoms with Crippen molar-refractivity contribution in [2.24, 2.45) is 5.41 Å². The second kappa shape index (κ2) is 7.22. The van der Waals surface area contributed by atoms with E-state index in [1.165, 1.54) is 25.7 Å². The first kappa shape index (κ1) is 19.5. The number of rotatable bonds is 4. The maximum absolute atomic E-state index is 12.7. The van der Waals surface area contributed by atoms with Crippen LogP contribution >= 0.6 is 0 Å². The van der Waals surface area contributed by atoms with Crippen molar-refractivity contribution in [3.8, 4) is 0 Å². The fraction of sp³-hybridized carbons (Fsp3) is 0.955. The minimum absolute atomic E-state index is 0.110. The van der Waals surface area contributed by atoms with E-state index in [2.05, 4.69) is 17.1 Å². The predicted molar refractivity (Wildman–Crippen MR) is 106 cm³/mol. The SMILES string of the molecule is CCO[C@@H]1C[C@@H](NC2C[C@H]3CC[C@@H](C2)N3C(=O)OC(C)(C)C)C12CCCC2. The molecule has 4 fully saturated rings. The third-order valence-corrected chi connectivity index (χ3v) is 7.46. The minimum atomic E-state index is -0.416. The van der Waals surface area contributed by atoms with Crippen LogP contribution in [0.3, 0.4) is 0 Å². The Kier molecular flexibility index (Phi) is 5.21. The van der Waals surface area contributed by atoms with Crippen LogP contribution in [0.2, 0.25) is 0 Å². The number of nitrogens with zero attached hydrogens (tertiary/aromatic N) is 1. The highest BCUT2D eigenvalue weighted by Crippen LogP contribution is 2.55. The van der Waals surface area contributed by atoms with E-state index in [1.807, 2.05) is 20.8 Å². The summed E-state index contributed by atoms with van der Waals surface area (Å²) in [5.74, 6) is 0. The van der Waals surface area contributed by atoms with Crippen LogP contribution in [-0.2, 0) is 9.47 Å². The number of hydrogen-bond donors (Lipinski definition) is 1. The summed E-state index contributed by atoms with van der Waals surface area (Å²) >= 11 is 0. The number of piperidine rings is 1. The molecular weight excluding hydrogens is 340 g/mol. The van der Waals surface area contributed by atoms with E-state index in [1.54, 1.807) is 0 Å². The molecular formula is C22H38N2O3. The van der Waals surface area contributed by atoms with Crippen molar-refractivity contribution in [2.75, 3.05) is 6.61 Å². The van der Waals surface area contributed by atoms with E-state index in [-0.39, 0.29) is 6.09 Å². The Bertz CT molecular complexity index is 538. The predicted octanol–water partition coefficient (Wildman–Crippen LogP) is 4.24. The van der Waals surface area contributed by atoms with Gasteiger partial charge in [-0.05, 0) is 72.6 Å². The molecule has 1 unspecified atom stereocenters. The average molecular weight is 379 g/mol. The number of amides is 1. The van der Waals surface area contributed by atoms with Crippen LogP contribution in [0.25, 0.3) is 0 Å². The molecule has 2 saturated heterocycles.